The Hall–Kier alpha value is 0.310. The van der Waals surface area contributed by atoms with Crippen LogP contribution in [0.2, 0.25) is 0 Å². The van der Waals surface area contributed by atoms with Crippen molar-refractivity contribution in [2.45, 2.75) is 51.5 Å². The van der Waals surface area contributed by atoms with E-state index >= 15 is 0 Å². The average molecular weight is 227 g/mol. The Morgan fingerprint density at radius 1 is 1.20 bits per heavy atom. The Kier molecular flexibility index (Phi) is 4.83. The highest BCUT2D eigenvalue weighted by Crippen LogP contribution is 2.32. The Balaban J connectivity index is 1.48. The zero-order valence-electron chi connectivity index (χ0n) is 10.0. The van der Waals surface area contributed by atoms with Crippen LogP contribution < -0.4 is 5.32 Å². The van der Waals surface area contributed by atoms with Crippen molar-refractivity contribution in [3.63, 3.8) is 0 Å². The average Bonchev–Trinajstić information content (AvgIpc) is 2.96. The lowest BCUT2D eigenvalue weighted by Gasteiger charge is -2.19. The first-order chi connectivity index (χ1) is 7.40. The molecule has 2 saturated carbocycles. The third-order valence-corrected chi connectivity index (χ3v) is 5.09. The van der Waals surface area contributed by atoms with Crippen molar-refractivity contribution in [3.05, 3.63) is 0 Å². The summed E-state index contributed by atoms with van der Waals surface area (Å²) in [4.78, 5) is 0. The summed E-state index contributed by atoms with van der Waals surface area (Å²) in [7, 11) is 0. The molecule has 2 heteroatoms. The van der Waals surface area contributed by atoms with Crippen molar-refractivity contribution in [1.82, 2.24) is 5.32 Å². The maximum Gasteiger partial charge on any atom is 0.00955 e. The first-order valence-corrected chi connectivity index (χ1v) is 7.86. The molecule has 2 fully saturated rings. The van der Waals surface area contributed by atoms with Gasteiger partial charge in [0.25, 0.3) is 0 Å². The van der Waals surface area contributed by atoms with Crippen LogP contribution >= 0.6 is 11.8 Å². The molecule has 2 aliphatic carbocycles. The topological polar surface area (TPSA) is 12.0 Å². The third-order valence-electron chi connectivity index (χ3n) is 3.89. The van der Waals surface area contributed by atoms with Gasteiger partial charge in [-0.05, 0) is 43.3 Å². The molecular formula is C13H25NS. The molecule has 2 rings (SSSR count). The Morgan fingerprint density at radius 3 is 2.80 bits per heavy atom. The van der Waals surface area contributed by atoms with Crippen LogP contribution in [-0.2, 0) is 0 Å². The van der Waals surface area contributed by atoms with Crippen molar-refractivity contribution in [2.24, 2.45) is 11.8 Å². The van der Waals surface area contributed by atoms with Gasteiger partial charge in [0, 0.05) is 18.3 Å². The van der Waals surface area contributed by atoms with E-state index in [9.17, 15) is 0 Å². The van der Waals surface area contributed by atoms with Crippen molar-refractivity contribution >= 4 is 11.8 Å². The molecule has 0 aromatic rings. The highest BCUT2D eigenvalue weighted by atomic mass is 32.2. The van der Waals surface area contributed by atoms with Gasteiger partial charge in [0.1, 0.15) is 0 Å². The van der Waals surface area contributed by atoms with Gasteiger partial charge in [0.05, 0.1) is 0 Å². The predicted octanol–water partition coefficient (Wildman–Crippen LogP) is 3.30. The van der Waals surface area contributed by atoms with Gasteiger partial charge in [0.15, 0.2) is 0 Å². The second kappa shape index (κ2) is 6.15. The van der Waals surface area contributed by atoms with Crippen molar-refractivity contribution in [3.8, 4) is 0 Å². The maximum absolute atomic E-state index is 3.76. The molecule has 0 spiro atoms. The summed E-state index contributed by atoms with van der Waals surface area (Å²) < 4.78 is 0. The maximum atomic E-state index is 3.76. The van der Waals surface area contributed by atoms with Crippen LogP contribution in [0.1, 0.15) is 45.4 Å². The van der Waals surface area contributed by atoms with E-state index < -0.39 is 0 Å². The molecule has 2 aliphatic rings. The van der Waals surface area contributed by atoms with Crippen molar-refractivity contribution in [2.75, 3.05) is 18.1 Å². The van der Waals surface area contributed by atoms with Crippen LogP contribution in [0, 0.1) is 11.8 Å². The smallest absolute Gasteiger partial charge is 0.00955 e. The highest BCUT2D eigenvalue weighted by molar-refractivity contribution is 7.99. The van der Waals surface area contributed by atoms with E-state index in [4.69, 9.17) is 0 Å². The summed E-state index contributed by atoms with van der Waals surface area (Å²) in [5.74, 6) is 4.80. The van der Waals surface area contributed by atoms with E-state index in [0.29, 0.717) is 0 Å². The first kappa shape index (κ1) is 11.8. The lowest BCUT2D eigenvalue weighted by Crippen LogP contribution is -2.33. The molecular weight excluding hydrogens is 202 g/mol. The molecule has 2 atom stereocenters. The number of hydrogen-bond acceptors (Lipinski definition) is 2. The van der Waals surface area contributed by atoms with Crippen molar-refractivity contribution < 1.29 is 0 Å². The van der Waals surface area contributed by atoms with Gasteiger partial charge in [-0.15, -0.1) is 0 Å². The SMILES string of the molecule is CCC1CCCC1NCCSCC1CC1. The number of rotatable bonds is 7. The Labute approximate surface area is 98.8 Å². The molecule has 0 amide bonds. The van der Waals surface area contributed by atoms with E-state index in [1.807, 2.05) is 0 Å². The standard InChI is InChI=1S/C13H25NS/c1-2-12-4-3-5-13(12)14-8-9-15-10-11-6-7-11/h11-14H,2-10H2,1H3. The second-order valence-corrected chi connectivity index (χ2v) is 6.33. The summed E-state index contributed by atoms with van der Waals surface area (Å²) in [5.41, 5.74) is 0. The van der Waals surface area contributed by atoms with Gasteiger partial charge < -0.3 is 5.32 Å². The third kappa shape index (κ3) is 3.99. The number of nitrogens with one attached hydrogen (secondary N) is 1. The molecule has 1 N–H and O–H groups in total. The normalized spacial score (nSPS) is 31.0. The molecule has 0 radical (unpaired) electrons. The fourth-order valence-electron chi connectivity index (χ4n) is 2.65. The molecule has 88 valence electrons. The summed E-state index contributed by atoms with van der Waals surface area (Å²) >= 11 is 2.15. The Morgan fingerprint density at radius 2 is 2.07 bits per heavy atom. The highest BCUT2D eigenvalue weighted by Gasteiger charge is 2.25. The zero-order chi connectivity index (χ0) is 10.5. The molecule has 0 bridgehead atoms. The fraction of sp³-hybridized carbons (Fsp3) is 1.00. The Bertz CT molecular complexity index is 179. The van der Waals surface area contributed by atoms with E-state index in [2.05, 4.69) is 24.0 Å². The van der Waals surface area contributed by atoms with Gasteiger partial charge in [-0.3, -0.25) is 0 Å². The second-order valence-electron chi connectivity index (χ2n) is 5.18. The van der Waals surface area contributed by atoms with Gasteiger partial charge in [-0.25, -0.2) is 0 Å². The summed E-state index contributed by atoms with van der Waals surface area (Å²) in [6.07, 6.45) is 8.70. The van der Waals surface area contributed by atoms with Crippen molar-refractivity contribution in [1.29, 1.82) is 0 Å². The summed E-state index contributed by atoms with van der Waals surface area (Å²) in [6, 6.07) is 0.844. The lowest BCUT2D eigenvalue weighted by molar-refractivity contribution is 0.399. The van der Waals surface area contributed by atoms with Crippen LogP contribution in [0.3, 0.4) is 0 Å². The molecule has 0 heterocycles. The number of thioether (sulfide) groups is 1. The molecule has 0 saturated heterocycles. The van der Waals surface area contributed by atoms with E-state index in [1.54, 1.807) is 0 Å². The van der Waals surface area contributed by atoms with Crippen LogP contribution in [0.25, 0.3) is 0 Å². The largest absolute Gasteiger partial charge is 0.313 e. The van der Waals surface area contributed by atoms with Gasteiger partial charge in [-0.1, -0.05) is 19.8 Å². The fourth-order valence-corrected chi connectivity index (χ4v) is 3.74. The van der Waals surface area contributed by atoms with Crippen LogP contribution in [0.15, 0.2) is 0 Å². The molecule has 0 aliphatic heterocycles. The molecule has 0 aromatic heterocycles. The molecule has 0 aromatic carbocycles. The molecule has 15 heavy (non-hydrogen) atoms. The number of hydrogen-bond donors (Lipinski definition) is 1. The minimum Gasteiger partial charge on any atom is -0.313 e. The monoisotopic (exact) mass is 227 g/mol. The predicted molar refractivity (Wildman–Crippen MR) is 69.5 cm³/mol. The van der Waals surface area contributed by atoms with Crippen LogP contribution in [0.5, 0.6) is 0 Å². The van der Waals surface area contributed by atoms with Crippen LogP contribution in [-0.4, -0.2) is 24.1 Å². The van der Waals surface area contributed by atoms with E-state index in [-0.39, 0.29) is 0 Å². The van der Waals surface area contributed by atoms with E-state index in [1.165, 1.54) is 56.6 Å². The van der Waals surface area contributed by atoms with Gasteiger partial charge >= 0.3 is 0 Å². The van der Waals surface area contributed by atoms with Gasteiger partial charge in [-0.2, -0.15) is 11.8 Å². The first-order valence-electron chi connectivity index (χ1n) is 6.71. The minimum atomic E-state index is 0.844. The molecule has 1 nitrogen and oxygen atoms in total. The summed E-state index contributed by atoms with van der Waals surface area (Å²) in [5, 5.41) is 3.76. The zero-order valence-corrected chi connectivity index (χ0v) is 10.8. The minimum absolute atomic E-state index is 0.844. The van der Waals surface area contributed by atoms with Crippen LogP contribution in [0.4, 0.5) is 0 Å². The summed E-state index contributed by atoms with van der Waals surface area (Å²) in [6.45, 7) is 3.57. The molecule has 2 unspecified atom stereocenters. The lowest BCUT2D eigenvalue weighted by atomic mass is 10.0. The quantitative estimate of drug-likeness (QED) is 0.670. The van der Waals surface area contributed by atoms with Gasteiger partial charge in [0.2, 0.25) is 0 Å². The van der Waals surface area contributed by atoms with E-state index in [0.717, 1.165) is 17.9 Å².